The van der Waals surface area contributed by atoms with Gasteiger partial charge in [-0.05, 0) is 53.4 Å². The van der Waals surface area contributed by atoms with Crippen LogP contribution in [0, 0.1) is 0 Å². The number of nitrogens with one attached hydrogen (secondary N) is 1. The van der Waals surface area contributed by atoms with Crippen LogP contribution in [0.15, 0.2) is 59.1 Å². The zero-order chi connectivity index (χ0) is 14.4. The van der Waals surface area contributed by atoms with E-state index in [2.05, 4.69) is 33.4 Å². The first-order valence-corrected chi connectivity index (χ1v) is 7.55. The van der Waals surface area contributed by atoms with Crippen LogP contribution in [0.2, 0.25) is 0 Å². The van der Waals surface area contributed by atoms with Gasteiger partial charge in [-0.2, -0.15) is 0 Å². The standard InChI is InChI=1S/C17H18BrNO/c1-13(11-12-14-7-3-2-4-8-14)19-17(20)15-9-5-6-10-16(15)18/h2-10,13H,11-12H2,1H3,(H,19,20)/t13-/m1/s1. The van der Waals surface area contributed by atoms with Gasteiger partial charge in [-0.3, -0.25) is 4.79 Å². The summed E-state index contributed by atoms with van der Waals surface area (Å²) in [5, 5.41) is 3.04. The van der Waals surface area contributed by atoms with Crippen LogP contribution in [-0.2, 0) is 6.42 Å². The molecular formula is C17H18BrNO. The van der Waals surface area contributed by atoms with Crippen molar-refractivity contribution < 1.29 is 4.79 Å². The molecule has 0 fully saturated rings. The zero-order valence-corrected chi connectivity index (χ0v) is 13.1. The molecule has 2 aromatic carbocycles. The van der Waals surface area contributed by atoms with Crippen LogP contribution in [0.3, 0.4) is 0 Å². The fraction of sp³-hybridized carbons (Fsp3) is 0.235. The lowest BCUT2D eigenvalue weighted by Crippen LogP contribution is -2.33. The maximum absolute atomic E-state index is 12.1. The van der Waals surface area contributed by atoms with Gasteiger partial charge in [-0.1, -0.05) is 42.5 Å². The molecule has 0 unspecified atom stereocenters. The summed E-state index contributed by atoms with van der Waals surface area (Å²) in [6, 6.07) is 17.9. The SMILES string of the molecule is C[C@H](CCc1ccccc1)NC(=O)c1ccccc1Br. The van der Waals surface area contributed by atoms with Crippen LogP contribution >= 0.6 is 15.9 Å². The molecule has 0 aliphatic carbocycles. The predicted molar refractivity (Wildman–Crippen MR) is 85.8 cm³/mol. The van der Waals surface area contributed by atoms with Crippen molar-refractivity contribution in [2.45, 2.75) is 25.8 Å². The average molecular weight is 332 g/mol. The van der Waals surface area contributed by atoms with Crippen molar-refractivity contribution in [1.82, 2.24) is 5.32 Å². The number of aryl methyl sites for hydroxylation is 1. The first-order chi connectivity index (χ1) is 9.66. The maximum Gasteiger partial charge on any atom is 0.252 e. The third kappa shape index (κ3) is 4.20. The van der Waals surface area contributed by atoms with Crippen LogP contribution in [0.1, 0.15) is 29.3 Å². The van der Waals surface area contributed by atoms with E-state index in [9.17, 15) is 4.79 Å². The molecule has 0 aromatic heterocycles. The fourth-order valence-corrected chi connectivity index (χ4v) is 2.51. The first-order valence-electron chi connectivity index (χ1n) is 6.76. The molecule has 0 saturated heterocycles. The summed E-state index contributed by atoms with van der Waals surface area (Å²) in [6.45, 7) is 2.04. The molecule has 1 amide bonds. The second-order valence-electron chi connectivity index (χ2n) is 4.88. The van der Waals surface area contributed by atoms with Crippen molar-refractivity contribution in [1.29, 1.82) is 0 Å². The molecule has 1 N–H and O–H groups in total. The summed E-state index contributed by atoms with van der Waals surface area (Å²) >= 11 is 3.40. The van der Waals surface area contributed by atoms with E-state index in [-0.39, 0.29) is 11.9 Å². The molecule has 104 valence electrons. The third-order valence-corrected chi connectivity index (χ3v) is 3.90. The highest BCUT2D eigenvalue weighted by Gasteiger charge is 2.12. The van der Waals surface area contributed by atoms with Crippen LogP contribution in [0.5, 0.6) is 0 Å². The Morgan fingerprint density at radius 1 is 1.10 bits per heavy atom. The second-order valence-corrected chi connectivity index (χ2v) is 5.73. The van der Waals surface area contributed by atoms with Crippen molar-refractivity contribution in [2.24, 2.45) is 0 Å². The lowest BCUT2D eigenvalue weighted by Gasteiger charge is -2.14. The van der Waals surface area contributed by atoms with Gasteiger partial charge in [0.2, 0.25) is 0 Å². The number of benzene rings is 2. The molecule has 0 radical (unpaired) electrons. The number of rotatable bonds is 5. The lowest BCUT2D eigenvalue weighted by molar-refractivity contribution is 0.0937. The minimum Gasteiger partial charge on any atom is -0.350 e. The van der Waals surface area contributed by atoms with Crippen molar-refractivity contribution in [2.75, 3.05) is 0 Å². The minimum absolute atomic E-state index is 0.0296. The number of halogens is 1. The molecule has 0 aliphatic rings. The highest BCUT2D eigenvalue weighted by molar-refractivity contribution is 9.10. The average Bonchev–Trinajstić information content (AvgIpc) is 2.46. The molecule has 0 spiro atoms. The van der Waals surface area contributed by atoms with Crippen LogP contribution < -0.4 is 5.32 Å². The Morgan fingerprint density at radius 3 is 2.45 bits per heavy atom. The molecule has 3 heteroatoms. The number of carbonyl (C=O) groups is 1. The van der Waals surface area contributed by atoms with E-state index in [1.807, 2.05) is 49.4 Å². The van der Waals surface area contributed by atoms with E-state index >= 15 is 0 Å². The third-order valence-electron chi connectivity index (χ3n) is 3.20. The highest BCUT2D eigenvalue weighted by Crippen LogP contribution is 2.16. The van der Waals surface area contributed by atoms with Gasteiger partial charge in [-0.25, -0.2) is 0 Å². The van der Waals surface area contributed by atoms with E-state index < -0.39 is 0 Å². The molecule has 0 bridgehead atoms. The van der Waals surface area contributed by atoms with E-state index in [0.29, 0.717) is 5.56 Å². The Kier molecular flexibility index (Phi) is 5.36. The molecule has 1 atom stereocenters. The predicted octanol–water partition coefficient (Wildman–Crippen LogP) is 4.20. The van der Waals surface area contributed by atoms with Gasteiger partial charge >= 0.3 is 0 Å². The van der Waals surface area contributed by atoms with E-state index in [1.54, 1.807) is 0 Å². The molecule has 2 aromatic rings. The number of hydrogen-bond donors (Lipinski definition) is 1. The summed E-state index contributed by atoms with van der Waals surface area (Å²) in [6.07, 6.45) is 1.90. The summed E-state index contributed by atoms with van der Waals surface area (Å²) < 4.78 is 0.827. The highest BCUT2D eigenvalue weighted by atomic mass is 79.9. The normalized spacial score (nSPS) is 11.9. The molecular weight excluding hydrogens is 314 g/mol. The van der Waals surface area contributed by atoms with Crippen molar-refractivity contribution >= 4 is 21.8 Å². The summed E-state index contributed by atoms with van der Waals surface area (Å²) in [4.78, 5) is 12.1. The molecule has 2 rings (SSSR count). The van der Waals surface area contributed by atoms with Crippen LogP contribution in [-0.4, -0.2) is 11.9 Å². The molecule has 0 saturated carbocycles. The van der Waals surface area contributed by atoms with Gasteiger partial charge < -0.3 is 5.32 Å². The van der Waals surface area contributed by atoms with Crippen LogP contribution in [0.25, 0.3) is 0 Å². The quantitative estimate of drug-likeness (QED) is 0.873. The Labute approximate surface area is 128 Å². The van der Waals surface area contributed by atoms with Crippen molar-refractivity contribution in [3.8, 4) is 0 Å². The van der Waals surface area contributed by atoms with Gasteiger partial charge in [0.15, 0.2) is 0 Å². The topological polar surface area (TPSA) is 29.1 Å². The first kappa shape index (κ1) is 14.8. The van der Waals surface area contributed by atoms with E-state index in [4.69, 9.17) is 0 Å². The maximum atomic E-state index is 12.1. The van der Waals surface area contributed by atoms with Crippen molar-refractivity contribution in [3.63, 3.8) is 0 Å². The largest absolute Gasteiger partial charge is 0.350 e. The van der Waals surface area contributed by atoms with Gasteiger partial charge in [0.05, 0.1) is 5.56 Å². The molecule has 0 heterocycles. The minimum atomic E-state index is -0.0296. The molecule has 2 nitrogen and oxygen atoms in total. The van der Waals surface area contributed by atoms with Crippen LogP contribution in [0.4, 0.5) is 0 Å². The zero-order valence-electron chi connectivity index (χ0n) is 11.5. The van der Waals surface area contributed by atoms with Gasteiger partial charge in [0.25, 0.3) is 5.91 Å². The lowest BCUT2D eigenvalue weighted by atomic mass is 10.1. The number of carbonyl (C=O) groups excluding carboxylic acids is 1. The van der Waals surface area contributed by atoms with Gasteiger partial charge in [0, 0.05) is 10.5 Å². The monoisotopic (exact) mass is 331 g/mol. The van der Waals surface area contributed by atoms with E-state index in [0.717, 1.165) is 17.3 Å². The number of hydrogen-bond acceptors (Lipinski definition) is 1. The van der Waals surface area contributed by atoms with Gasteiger partial charge in [-0.15, -0.1) is 0 Å². The summed E-state index contributed by atoms with van der Waals surface area (Å²) in [5.41, 5.74) is 1.98. The fourth-order valence-electron chi connectivity index (χ4n) is 2.05. The Morgan fingerprint density at radius 2 is 1.75 bits per heavy atom. The summed E-state index contributed by atoms with van der Waals surface area (Å²) in [5.74, 6) is -0.0296. The van der Waals surface area contributed by atoms with Gasteiger partial charge in [0.1, 0.15) is 0 Å². The van der Waals surface area contributed by atoms with Crippen molar-refractivity contribution in [3.05, 3.63) is 70.2 Å². The second kappa shape index (κ2) is 7.25. The Balaban J connectivity index is 1.87. The Hall–Kier alpha value is -1.61. The molecule has 0 aliphatic heterocycles. The Bertz CT molecular complexity index is 568. The summed E-state index contributed by atoms with van der Waals surface area (Å²) in [7, 11) is 0. The smallest absolute Gasteiger partial charge is 0.252 e. The molecule has 20 heavy (non-hydrogen) atoms. The van der Waals surface area contributed by atoms with E-state index in [1.165, 1.54) is 5.56 Å². The number of amides is 1.